The van der Waals surface area contributed by atoms with E-state index in [0.29, 0.717) is 5.56 Å². The Morgan fingerprint density at radius 2 is 1.89 bits per heavy atom. The average Bonchev–Trinajstić information content (AvgIpc) is 2.46. The molecule has 3 heteroatoms. The van der Waals surface area contributed by atoms with Crippen molar-refractivity contribution in [2.75, 3.05) is 6.61 Å². The molecule has 0 heterocycles. The summed E-state index contributed by atoms with van der Waals surface area (Å²) in [6.07, 6.45) is 0.956. The molecule has 0 atom stereocenters. The van der Waals surface area contributed by atoms with Crippen molar-refractivity contribution in [1.29, 1.82) is 0 Å². The molecule has 0 aliphatic rings. The van der Waals surface area contributed by atoms with E-state index < -0.39 is 0 Å². The van der Waals surface area contributed by atoms with Gasteiger partial charge in [0.2, 0.25) is 0 Å². The Morgan fingerprint density at radius 3 is 2.58 bits per heavy atom. The number of carbonyl (C=O) groups is 1. The molecule has 2 aromatic carbocycles. The van der Waals surface area contributed by atoms with Crippen molar-refractivity contribution in [2.24, 2.45) is 0 Å². The van der Waals surface area contributed by atoms with Gasteiger partial charge in [-0.05, 0) is 36.2 Å². The first-order chi connectivity index (χ1) is 9.19. The third-order valence-electron chi connectivity index (χ3n) is 2.84. The minimum atomic E-state index is -0.0191. The summed E-state index contributed by atoms with van der Waals surface area (Å²) in [5.41, 5.74) is 1.86. The average molecular weight is 319 g/mol. The van der Waals surface area contributed by atoms with Crippen LogP contribution in [0.4, 0.5) is 0 Å². The number of Topliss-reactive ketones (excluding diaryl/α,β-unsaturated/α-hetero) is 1. The molecule has 2 aromatic rings. The largest absolute Gasteiger partial charge is 0.485 e. The third-order valence-corrected chi connectivity index (χ3v) is 3.37. The second kappa shape index (κ2) is 6.53. The number of aryl methyl sites for hydroxylation is 1. The minimum Gasteiger partial charge on any atom is -0.485 e. The lowest BCUT2D eigenvalue weighted by Crippen LogP contribution is -2.11. The molecular weight excluding hydrogens is 304 g/mol. The van der Waals surface area contributed by atoms with Crippen molar-refractivity contribution in [3.63, 3.8) is 0 Å². The maximum Gasteiger partial charge on any atom is 0.200 e. The molecule has 0 bridgehead atoms. The van der Waals surface area contributed by atoms with E-state index in [-0.39, 0.29) is 12.4 Å². The van der Waals surface area contributed by atoms with Crippen molar-refractivity contribution in [2.45, 2.75) is 13.3 Å². The monoisotopic (exact) mass is 318 g/mol. The molecule has 0 aliphatic heterocycles. The van der Waals surface area contributed by atoms with Crippen LogP contribution in [-0.2, 0) is 6.42 Å². The van der Waals surface area contributed by atoms with Crippen LogP contribution < -0.4 is 4.74 Å². The number of halogens is 1. The smallest absolute Gasteiger partial charge is 0.200 e. The zero-order chi connectivity index (χ0) is 13.7. The number of carbonyl (C=O) groups excluding carboxylic acids is 1. The zero-order valence-corrected chi connectivity index (χ0v) is 12.3. The molecule has 2 rings (SSSR count). The van der Waals surface area contributed by atoms with Gasteiger partial charge in [0.15, 0.2) is 12.4 Å². The van der Waals surface area contributed by atoms with Crippen LogP contribution in [0.25, 0.3) is 0 Å². The normalized spacial score (nSPS) is 10.2. The van der Waals surface area contributed by atoms with E-state index in [1.807, 2.05) is 36.4 Å². The molecule has 19 heavy (non-hydrogen) atoms. The first-order valence-electron chi connectivity index (χ1n) is 6.19. The Hall–Kier alpha value is -1.61. The molecule has 0 spiro atoms. The second-order valence-electron chi connectivity index (χ2n) is 4.22. The lowest BCUT2D eigenvalue weighted by atomic mass is 10.1. The fraction of sp³-hybridized carbons (Fsp3) is 0.188. The molecule has 0 radical (unpaired) electrons. The van der Waals surface area contributed by atoms with Crippen molar-refractivity contribution in [1.82, 2.24) is 0 Å². The quantitative estimate of drug-likeness (QED) is 0.769. The van der Waals surface area contributed by atoms with Gasteiger partial charge >= 0.3 is 0 Å². The van der Waals surface area contributed by atoms with Crippen LogP contribution in [0.2, 0.25) is 0 Å². The van der Waals surface area contributed by atoms with Crippen molar-refractivity contribution in [3.05, 3.63) is 64.1 Å². The molecule has 0 fully saturated rings. The summed E-state index contributed by atoms with van der Waals surface area (Å²) >= 11 is 3.34. The first kappa shape index (κ1) is 13.8. The summed E-state index contributed by atoms with van der Waals surface area (Å²) in [4.78, 5) is 11.9. The van der Waals surface area contributed by atoms with Crippen LogP contribution in [-0.4, -0.2) is 12.4 Å². The van der Waals surface area contributed by atoms with Gasteiger partial charge in [0.25, 0.3) is 0 Å². The van der Waals surface area contributed by atoms with Gasteiger partial charge in [-0.15, -0.1) is 0 Å². The summed E-state index contributed by atoms with van der Waals surface area (Å²) in [5, 5.41) is 0. The molecule has 0 aliphatic carbocycles. The number of rotatable bonds is 5. The number of benzene rings is 2. The summed E-state index contributed by atoms with van der Waals surface area (Å²) in [6, 6.07) is 15.1. The van der Waals surface area contributed by atoms with Crippen LogP contribution >= 0.6 is 15.9 Å². The van der Waals surface area contributed by atoms with Crippen LogP contribution in [0.1, 0.15) is 22.8 Å². The Balaban J connectivity index is 1.98. The van der Waals surface area contributed by atoms with E-state index in [2.05, 4.69) is 22.9 Å². The highest BCUT2D eigenvalue weighted by atomic mass is 79.9. The minimum absolute atomic E-state index is 0.0191. The van der Waals surface area contributed by atoms with Gasteiger partial charge in [0, 0.05) is 10.0 Å². The summed E-state index contributed by atoms with van der Waals surface area (Å²) in [5.74, 6) is 0.721. The molecule has 0 unspecified atom stereocenters. The third kappa shape index (κ3) is 3.93. The van der Waals surface area contributed by atoms with Crippen LogP contribution in [0.15, 0.2) is 53.0 Å². The lowest BCUT2D eigenvalue weighted by Gasteiger charge is -2.07. The SMILES string of the molecule is CCc1cccc(OCC(=O)c2ccc(Br)cc2)c1. The maximum absolute atomic E-state index is 11.9. The lowest BCUT2D eigenvalue weighted by molar-refractivity contribution is 0.0921. The van der Waals surface area contributed by atoms with Gasteiger partial charge in [-0.25, -0.2) is 0 Å². The molecule has 0 saturated heterocycles. The zero-order valence-electron chi connectivity index (χ0n) is 10.7. The predicted molar refractivity (Wildman–Crippen MR) is 79.8 cm³/mol. The number of ether oxygens (including phenoxy) is 1. The molecule has 0 aromatic heterocycles. The van der Waals surface area contributed by atoms with Crippen LogP contribution in [0.3, 0.4) is 0 Å². The van der Waals surface area contributed by atoms with Gasteiger partial charge in [0.1, 0.15) is 5.75 Å². The Morgan fingerprint density at radius 1 is 1.16 bits per heavy atom. The van der Waals surface area contributed by atoms with E-state index in [9.17, 15) is 4.79 Å². The maximum atomic E-state index is 11.9. The van der Waals surface area contributed by atoms with Gasteiger partial charge in [-0.3, -0.25) is 4.79 Å². The van der Waals surface area contributed by atoms with Crippen molar-refractivity contribution in [3.8, 4) is 5.75 Å². The highest BCUT2D eigenvalue weighted by molar-refractivity contribution is 9.10. The summed E-state index contributed by atoms with van der Waals surface area (Å²) < 4.78 is 6.49. The fourth-order valence-electron chi connectivity index (χ4n) is 1.72. The van der Waals surface area contributed by atoms with Gasteiger partial charge in [0.05, 0.1) is 0 Å². The predicted octanol–water partition coefficient (Wildman–Crippen LogP) is 4.27. The molecule has 0 N–H and O–H groups in total. The van der Waals surface area contributed by atoms with Crippen LogP contribution in [0, 0.1) is 0 Å². The Bertz CT molecular complexity index is 561. The van der Waals surface area contributed by atoms with E-state index in [1.165, 1.54) is 5.56 Å². The summed E-state index contributed by atoms with van der Waals surface area (Å²) in [7, 11) is 0. The molecule has 98 valence electrons. The van der Waals surface area contributed by atoms with E-state index in [4.69, 9.17) is 4.74 Å². The highest BCUT2D eigenvalue weighted by Crippen LogP contribution is 2.15. The van der Waals surface area contributed by atoms with Crippen LogP contribution in [0.5, 0.6) is 5.75 Å². The number of ketones is 1. The molecular formula is C16H15BrO2. The standard InChI is InChI=1S/C16H15BrO2/c1-2-12-4-3-5-15(10-12)19-11-16(18)13-6-8-14(17)9-7-13/h3-10H,2,11H2,1H3. The molecule has 2 nitrogen and oxygen atoms in total. The van der Waals surface area contributed by atoms with Gasteiger partial charge in [-0.1, -0.05) is 47.1 Å². The second-order valence-corrected chi connectivity index (χ2v) is 5.14. The van der Waals surface area contributed by atoms with Crippen molar-refractivity contribution >= 4 is 21.7 Å². The number of hydrogen-bond donors (Lipinski definition) is 0. The Kier molecular flexibility index (Phi) is 4.74. The molecule has 0 saturated carbocycles. The first-order valence-corrected chi connectivity index (χ1v) is 6.99. The van der Waals surface area contributed by atoms with Crippen molar-refractivity contribution < 1.29 is 9.53 Å². The topological polar surface area (TPSA) is 26.3 Å². The number of hydrogen-bond acceptors (Lipinski definition) is 2. The molecule has 0 amide bonds. The summed E-state index contributed by atoms with van der Waals surface area (Å²) in [6.45, 7) is 2.15. The highest BCUT2D eigenvalue weighted by Gasteiger charge is 2.06. The van der Waals surface area contributed by atoms with E-state index >= 15 is 0 Å². The van der Waals surface area contributed by atoms with Gasteiger partial charge < -0.3 is 4.74 Å². The van der Waals surface area contributed by atoms with E-state index in [1.54, 1.807) is 12.1 Å². The Labute approximate surface area is 121 Å². The van der Waals surface area contributed by atoms with Gasteiger partial charge in [-0.2, -0.15) is 0 Å². The van der Waals surface area contributed by atoms with E-state index in [0.717, 1.165) is 16.6 Å². The fourth-order valence-corrected chi connectivity index (χ4v) is 1.99.